The van der Waals surface area contributed by atoms with Crippen LogP contribution in [-0.4, -0.2) is 5.91 Å². The number of hydrogen-bond acceptors (Lipinski definition) is 2. The van der Waals surface area contributed by atoms with Crippen molar-refractivity contribution >= 4 is 34.1 Å². The van der Waals surface area contributed by atoms with Crippen LogP contribution in [0.1, 0.15) is 16.7 Å². The average molecular weight is 303 g/mol. The molecule has 1 aliphatic rings. The van der Waals surface area contributed by atoms with Gasteiger partial charge in [0.1, 0.15) is 0 Å². The van der Waals surface area contributed by atoms with Crippen LogP contribution in [0.4, 0.5) is 5.69 Å². The third-order valence-corrected chi connectivity index (χ3v) is 4.48. The monoisotopic (exact) mass is 303 g/mol. The number of benzene rings is 2. The van der Waals surface area contributed by atoms with Gasteiger partial charge in [0.05, 0.1) is 5.57 Å². The summed E-state index contributed by atoms with van der Waals surface area (Å²) in [6.07, 6.45) is 0. The third kappa shape index (κ3) is 2.07. The second-order valence-corrected chi connectivity index (χ2v) is 5.91. The number of fused-ring (bicyclic) bond motifs is 1. The van der Waals surface area contributed by atoms with Gasteiger partial charge >= 0.3 is 0 Å². The number of thiophene rings is 1. The van der Waals surface area contributed by atoms with Gasteiger partial charge in [0.15, 0.2) is 0 Å². The van der Waals surface area contributed by atoms with E-state index in [1.54, 1.807) is 11.3 Å². The predicted octanol–water partition coefficient (Wildman–Crippen LogP) is 4.66. The zero-order chi connectivity index (χ0) is 14.9. The maximum Gasteiger partial charge on any atom is 0.257 e. The molecule has 0 bridgehead atoms. The second-order valence-electron chi connectivity index (χ2n) is 5.13. The summed E-state index contributed by atoms with van der Waals surface area (Å²) in [6.45, 7) is 0. The zero-order valence-corrected chi connectivity index (χ0v) is 12.6. The molecule has 106 valence electrons. The van der Waals surface area contributed by atoms with Gasteiger partial charge in [-0.25, -0.2) is 0 Å². The van der Waals surface area contributed by atoms with Crippen molar-refractivity contribution < 1.29 is 4.79 Å². The Hall–Kier alpha value is -2.65. The van der Waals surface area contributed by atoms with Crippen molar-refractivity contribution in [3.8, 4) is 0 Å². The predicted molar refractivity (Wildman–Crippen MR) is 91.7 cm³/mol. The van der Waals surface area contributed by atoms with E-state index in [1.807, 2.05) is 60.0 Å². The quantitative estimate of drug-likeness (QED) is 0.685. The summed E-state index contributed by atoms with van der Waals surface area (Å²) in [7, 11) is 0. The normalized spacial score (nSPS) is 15.4. The Kier molecular flexibility index (Phi) is 3.13. The van der Waals surface area contributed by atoms with Gasteiger partial charge in [0.2, 0.25) is 0 Å². The van der Waals surface area contributed by atoms with Crippen LogP contribution in [0.3, 0.4) is 0 Å². The van der Waals surface area contributed by atoms with Crippen molar-refractivity contribution in [3.63, 3.8) is 0 Å². The molecule has 1 amide bonds. The van der Waals surface area contributed by atoms with Gasteiger partial charge in [-0.1, -0.05) is 48.5 Å². The van der Waals surface area contributed by atoms with E-state index in [2.05, 4.69) is 16.8 Å². The number of carbonyl (C=O) groups is 1. The molecule has 0 saturated carbocycles. The molecule has 0 radical (unpaired) electrons. The van der Waals surface area contributed by atoms with E-state index < -0.39 is 0 Å². The van der Waals surface area contributed by atoms with Gasteiger partial charge in [-0.05, 0) is 34.0 Å². The Balaban J connectivity index is 2.05. The zero-order valence-electron chi connectivity index (χ0n) is 11.7. The Morgan fingerprint density at radius 2 is 1.64 bits per heavy atom. The Morgan fingerprint density at radius 3 is 2.41 bits per heavy atom. The number of nitrogens with one attached hydrogen (secondary N) is 1. The highest BCUT2D eigenvalue weighted by molar-refractivity contribution is 7.08. The summed E-state index contributed by atoms with van der Waals surface area (Å²) in [4.78, 5) is 12.6. The minimum Gasteiger partial charge on any atom is -0.321 e. The summed E-state index contributed by atoms with van der Waals surface area (Å²) < 4.78 is 0. The Bertz CT molecular complexity index is 863. The first-order chi connectivity index (χ1) is 10.8. The van der Waals surface area contributed by atoms with Gasteiger partial charge in [-0.2, -0.15) is 11.3 Å². The molecule has 2 aromatic carbocycles. The Morgan fingerprint density at radius 1 is 0.864 bits per heavy atom. The SMILES string of the molecule is O=C1Nc2ccccc2/C1=C(\c1ccccc1)c1ccsc1. The number of amides is 1. The van der Waals surface area contributed by atoms with Crippen molar-refractivity contribution in [1.82, 2.24) is 0 Å². The molecule has 1 aliphatic heterocycles. The van der Waals surface area contributed by atoms with Crippen molar-refractivity contribution in [3.05, 3.63) is 88.1 Å². The maximum atomic E-state index is 12.6. The smallest absolute Gasteiger partial charge is 0.257 e. The van der Waals surface area contributed by atoms with Crippen molar-refractivity contribution in [2.75, 3.05) is 5.32 Å². The highest BCUT2D eigenvalue weighted by Gasteiger charge is 2.28. The lowest BCUT2D eigenvalue weighted by Gasteiger charge is -2.10. The molecular formula is C19H13NOS. The molecule has 1 aromatic heterocycles. The van der Waals surface area contributed by atoms with Crippen LogP contribution in [-0.2, 0) is 4.79 Å². The number of carbonyl (C=O) groups excluding carboxylic acids is 1. The standard InChI is InChI=1S/C19H13NOS/c21-19-18(15-8-4-5-9-16(15)20-19)17(14-10-11-22-12-14)13-6-2-1-3-7-13/h1-12H,(H,20,21)/b18-17-. The van der Waals surface area contributed by atoms with Crippen LogP contribution in [0.15, 0.2) is 71.4 Å². The molecule has 3 aromatic rings. The first kappa shape index (κ1) is 13.0. The van der Waals surface area contributed by atoms with E-state index in [-0.39, 0.29) is 5.91 Å². The molecule has 22 heavy (non-hydrogen) atoms. The van der Waals surface area contributed by atoms with Gasteiger partial charge in [-0.3, -0.25) is 4.79 Å². The topological polar surface area (TPSA) is 29.1 Å². The number of anilines is 1. The summed E-state index contributed by atoms with van der Waals surface area (Å²) in [5, 5.41) is 7.09. The number of para-hydroxylation sites is 1. The summed E-state index contributed by atoms with van der Waals surface area (Å²) in [6, 6.07) is 20.0. The van der Waals surface area contributed by atoms with E-state index in [4.69, 9.17) is 0 Å². The van der Waals surface area contributed by atoms with Gasteiger partial charge < -0.3 is 5.32 Å². The molecule has 2 heterocycles. The highest BCUT2D eigenvalue weighted by atomic mass is 32.1. The van der Waals surface area contributed by atoms with Crippen LogP contribution in [0.2, 0.25) is 0 Å². The van der Waals surface area contributed by atoms with Crippen LogP contribution in [0.5, 0.6) is 0 Å². The van der Waals surface area contributed by atoms with Gasteiger partial charge in [-0.15, -0.1) is 0 Å². The first-order valence-corrected chi connectivity index (χ1v) is 8.02. The van der Waals surface area contributed by atoms with Crippen LogP contribution in [0, 0.1) is 0 Å². The summed E-state index contributed by atoms with van der Waals surface area (Å²) in [5.74, 6) is -0.0359. The van der Waals surface area contributed by atoms with Crippen molar-refractivity contribution in [2.24, 2.45) is 0 Å². The lowest BCUT2D eigenvalue weighted by Crippen LogP contribution is -2.06. The summed E-state index contributed by atoms with van der Waals surface area (Å²) >= 11 is 1.64. The molecule has 0 unspecified atom stereocenters. The van der Waals surface area contributed by atoms with E-state index in [0.29, 0.717) is 0 Å². The number of hydrogen-bond donors (Lipinski definition) is 1. The van der Waals surface area contributed by atoms with E-state index >= 15 is 0 Å². The lowest BCUT2D eigenvalue weighted by molar-refractivity contribution is -0.110. The fraction of sp³-hybridized carbons (Fsp3) is 0. The number of rotatable bonds is 2. The molecular weight excluding hydrogens is 290 g/mol. The summed E-state index contributed by atoms with van der Waals surface area (Å²) in [5.41, 5.74) is 5.73. The molecule has 2 nitrogen and oxygen atoms in total. The van der Waals surface area contributed by atoms with E-state index in [1.165, 1.54) is 0 Å². The molecule has 0 atom stereocenters. The second kappa shape index (κ2) is 5.28. The molecule has 0 saturated heterocycles. The molecule has 3 heteroatoms. The van der Waals surface area contributed by atoms with E-state index in [0.717, 1.165) is 33.5 Å². The largest absolute Gasteiger partial charge is 0.321 e. The van der Waals surface area contributed by atoms with Crippen molar-refractivity contribution in [2.45, 2.75) is 0 Å². The van der Waals surface area contributed by atoms with Crippen LogP contribution < -0.4 is 5.32 Å². The maximum absolute atomic E-state index is 12.6. The average Bonchev–Trinajstić information content (AvgIpc) is 3.18. The molecule has 1 N–H and O–H groups in total. The fourth-order valence-electron chi connectivity index (χ4n) is 2.83. The molecule has 0 spiro atoms. The minimum absolute atomic E-state index is 0.0359. The van der Waals surface area contributed by atoms with Gasteiger partial charge in [0, 0.05) is 16.8 Å². The minimum atomic E-state index is -0.0359. The highest BCUT2D eigenvalue weighted by Crippen LogP contribution is 2.40. The van der Waals surface area contributed by atoms with Crippen LogP contribution >= 0.6 is 11.3 Å². The molecule has 4 rings (SSSR count). The van der Waals surface area contributed by atoms with Gasteiger partial charge in [0.25, 0.3) is 5.91 Å². The van der Waals surface area contributed by atoms with E-state index in [9.17, 15) is 4.79 Å². The molecule has 0 fully saturated rings. The Labute approximate surface area is 132 Å². The van der Waals surface area contributed by atoms with Crippen LogP contribution in [0.25, 0.3) is 11.1 Å². The molecule has 0 aliphatic carbocycles. The lowest BCUT2D eigenvalue weighted by atomic mass is 9.91. The van der Waals surface area contributed by atoms with Crippen molar-refractivity contribution in [1.29, 1.82) is 0 Å². The third-order valence-electron chi connectivity index (χ3n) is 3.79. The first-order valence-electron chi connectivity index (χ1n) is 7.07. The fourth-order valence-corrected chi connectivity index (χ4v) is 3.48.